The lowest BCUT2D eigenvalue weighted by Crippen LogP contribution is -2.39. The predicted octanol–water partition coefficient (Wildman–Crippen LogP) is 4.61. The molecule has 1 aliphatic rings. The SMILES string of the molecule is C[C@H](OC(=O)c1csc(-c2cccs2)n1)C(=O)N[C@@H]1CCCc2ccccc21. The number of ether oxygens (including phenoxy) is 1. The second-order valence-corrected chi connectivity index (χ2v) is 8.52. The lowest BCUT2D eigenvalue weighted by atomic mass is 9.87. The largest absolute Gasteiger partial charge is 0.448 e. The predicted molar refractivity (Wildman–Crippen MR) is 111 cm³/mol. The Bertz CT molecular complexity index is 981. The molecule has 0 unspecified atom stereocenters. The molecule has 1 amide bonds. The van der Waals surface area contributed by atoms with Gasteiger partial charge in [-0.3, -0.25) is 4.79 Å². The van der Waals surface area contributed by atoms with Crippen LogP contribution in [0.3, 0.4) is 0 Å². The number of aryl methyl sites for hydroxylation is 1. The summed E-state index contributed by atoms with van der Waals surface area (Å²) in [5, 5.41) is 7.43. The summed E-state index contributed by atoms with van der Waals surface area (Å²) in [5.74, 6) is -0.866. The van der Waals surface area contributed by atoms with E-state index in [1.165, 1.54) is 16.9 Å². The Morgan fingerprint density at radius 1 is 1.21 bits per heavy atom. The Hall–Kier alpha value is -2.51. The van der Waals surface area contributed by atoms with Gasteiger partial charge in [0.2, 0.25) is 0 Å². The van der Waals surface area contributed by atoms with Gasteiger partial charge in [0.15, 0.2) is 11.8 Å². The average Bonchev–Trinajstić information content (AvgIpc) is 3.40. The maximum atomic E-state index is 12.6. The highest BCUT2D eigenvalue weighted by molar-refractivity contribution is 7.20. The van der Waals surface area contributed by atoms with E-state index in [2.05, 4.69) is 22.4 Å². The van der Waals surface area contributed by atoms with Crippen molar-refractivity contribution in [3.8, 4) is 9.88 Å². The summed E-state index contributed by atoms with van der Waals surface area (Å²) in [6.07, 6.45) is 2.07. The van der Waals surface area contributed by atoms with Gasteiger partial charge in [-0.15, -0.1) is 22.7 Å². The fraction of sp³-hybridized carbons (Fsp3) is 0.286. The third-order valence-electron chi connectivity index (χ3n) is 4.78. The van der Waals surface area contributed by atoms with E-state index in [-0.39, 0.29) is 17.6 Å². The number of nitrogens with zero attached hydrogens (tertiary/aromatic N) is 1. The molecule has 1 aliphatic carbocycles. The molecule has 2 atom stereocenters. The fourth-order valence-electron chi connectivity index (χ4n) is 3.35. The average molecular weight is 413 g/mol. The van der Waals surface area contributed by atoms with Crippen LogP contribution in [-0.4, -0.2) is 23.0 Å². The number of thiazole rings is 1. The highest BCUT2D eigenvalue weighted by Gasteiger charge is 2.26. The van der Waals surface area contributed by atoms with Crippen LogP contribution >= 0.6 is 22.7 Å². The summed E-state index contributed by atoms with van der Waals surface area (Å²) in [4.78, 5) is 30.3. The maximum Gasteiger partial charge on any atom is 0.358 e. The third kappa shape index (κ3) is 4.00. The summed E-state index contributed by atoms with van der Waals surface area (Å²) in [6.45, 7) is 1.59. The summed E-state index contributed by atoms with van der Waals surface area (Å²) in [5.41, 5.74) is 2.66. The Labute approximate surface area is 171 Å². The van der Waals surface area contributed by atoms with Crippen LogP contribution in [0.25, 0.3) is 9.88 Å². The lowest BCUT2D eigenvalue weighted by molar-refractivity contribution is -0.130. The van der Waals surface area contributed by atoms with Gasteiger partial charge in [-0.05, 0) is 48.8 Å². The smallest absolute Gasteiger partial charge is 0.358 e. The van der Waals surface area contributed by atoms with Crippen LogP contribution < -0.4 is 5.32 Å². The molecular formula is C21H20N2O3S2. The molecule has 28 heavy (non-hydrogen) atoms. The van der Waals surface area contributed by atoms with Gasteiger partial charge in [0.25, 0.3) is 5.91 Å². The zero-order valence-corrected chi connectivity index (χ0v) is 17.0. The highest BCUT2D eigenvalue weighted by Crippen LogP contribution is 2.30. The van der Waals surface area contributed by atoms with Crippen LogP contribution in [0.2, 0.25) is 0 Å². The molecule has 4 rings (SSSR count). The number of thiophene rings is 1. The minimum Gasteiger partial charge on any atom is -0.448 e. The number of benzene rings is 1. The van der Waals surface area contributed by atoms with Crippen molar-refractivity contribution in [1.29, 1.82) is 0 Å². The monoisotopic (exact) mass is 412 g/mol. The van der Waals surface area contributed by atoms with E-state index in [9.17, 15) is 9.59 Å². The van der Waals surface area contributed by atoms with E-state index in [1.807, 2.05) is 29.6 Å². The zero-order valence-electron chi connectivity index (χ0n) is 15.4. The first-order chi connectivity index (χ1) is 13.6. The van der Waals surface area contributed by atoms with Crippen LogP contribution in [0.4, 0.5) is 0 Å². The second kappa shape index (κ2) is 8.24. The van der Waals surface area contributed by atoms with Crippen LogP contribution in [-0.2, 0) is 16.0 Å². The summed E-state index contributed by atoms with van der Waals surface area (Å²) >= 11 is 2.96. The van der Waals surface area contributed by atoms with Gasteiger partial charge in [0, 0.05) is 5.38 Å². The molecule has 0 aliphatic heterocycles. The Morgan fingerprint density at radius 2 is 2.07 bits per heavy atom. The van der Waals surface area contributed by atoms with E-state index in [0.717, 1.165) is 34.7 Å². The molecule has 1 aromatic carbocycles. The summed E-state index contributed by atoms with van der Waals surface area (Å²) in [7, 11) is 0. The molecule has 2 heterocycles. The second-order valence-electron chi connectivity index (χ2n) is 6.71. The van der Waals surface area contributed by atoms with Gasteiger partial charge in [-0.2, -0.15) is 0 Å². The number of fused-ring (bicyclic) bond motifs is 1. The Kier molecular flexibility index (Phi) is 5.54. The number of rotatable bonds is 5. The van der Waals surface area contributed by atoms with Gasteiger partial charge in [-0.25, -0.2) is 9.78 Å². The first-order valence-corrected chi connectivity index (χ1v) is 11.0. The summed E-state index contributed by atoms with van der Waals surface area (Å²) in [6, 6.07) is 12.0. The van der Waals surface area contributed by atoms with Crippen molar-refractivity contribution in [3.63, 3.8) is 0 Å². The first kappa shape index (κ1) is 18.8. The van der Waals surface area contributed by atoms with Crippen LogP contribution in [0, 0.1) is 0 Å². The van der Waals surface area contributed by atoms with Crippen molar-refractivity contribution in [3.05, 3.63) is 64.0 Å². The minimum atomic E-state index is -0.881. The van der Waals surface area contributed by atoms with Crippen LogP contribution in [0.5, 0.6) is 0 Å². The summed E-state index contributed by atoms with van der Waals surface area (Å²) < 4.78 is 5.35. The van der Waals surface area contributed by atoms with Gasteiger partial charge >= 0.3 is 5.97 Å². The van der Waals surface area contributed by atoms with Crippen molar-refractivity contribution in [1.82, 2.24) is 10.3 Å². The number of carbonyl (C=O) groups excluding carboxylic acids is 2. The quantitative estimate of drug-likeness (QED) is 0.622. The van der Waals surface area contributed by atoms with Crippen LogP contribution in [0.15, 0.2) is 47.2 Å². The van der Waals surface area contributed by atoms with Crippen molar-refractivity contribution >= 4 is 34.6 Å². The fourth-order valence-corrected chi connectivity index (χ4v) is 4.95. The number of esters is 1. The molecule has 0 saturated heterocycles. The van der Waals surface area contributed by atoms with E-state index >= 15 is 0 Å². The molecule has 0 spiro atoms. The Balaban J connectivity index is 1.38. The molecule has 0 fully saturated rings. The standard InChI is InChI=1S/C21H20N2O3S2/c1-13(19(24)22-16-9-4-7-14-6-2-3-8-15(14)16)26-21(25)17-12-28-20(23-17)18-10-5-11-27-18/h2-3,5-6,8,10-13,16H,4,7,9H2,1H3,(H,22,24)/t13-,16+/m0/s1. The minimum absolute atomic E-state index is 0.0386. The number of carbonyl (C=O) groups is 2. The normalized spacial score (nSPS) is 16.8. The van der Waals surface area contributed by atoms with E-state index in [0.29, 0.717) is 0 Å². The zero-order chi connectivity index (χ0) is 19.5. The van der Waals surface area contributed by atoms with Crippen molar-refractivity contribution in [2.75, 3.05) is 0 Å². The van der Waals surface area contributed by atoms with Gasteiger partial charge < -0.3 is 10.1 Å². The number of nitrogens with one attached hydrogen (secondary N) is 1. The molecule has 0 saturated carbocycles. The van der Waals surface area contributed by atoms with Crippen molar-refractivity contribution in [2.45, 2.75) is 38.3 Å². The third-order valence-corrected chi connectivity index (χ3v) is 6.67. The molecule has 7 heteroatoms. The Morgan fingerprint density at radius 3 is 2.89 bits per heavy atom. The molecule has 0 bridgehead atoms. The number of hydrogen-bond donors (Lipinski definition) is 1. The molecule has 2 aromatic heterocycles. The van der Waals surface area contributed by atoms with E-state index in [1.54, 1.807) is 23.6 Å². The van der Waals surface area contributed by atoms with E-state index < -0.39 is 12.1 Å². The van der Waals surface area contributed by atoms with Crippen molar-refractivity contribution in [2.24, 2.45) is 0 Å². The highest BCUT2D eigenvalue weighted by atomic mass is 32.1. The number of hydrogen-bond acceptors (Lipinski definition) is 6. The van der Waals surface area contributed by atoms with Gasteiger partial charge in [0.1, 0.15) is 5.01 Å². The van der Waals surface area contributed by atoms with Crippen molar-refractivity contribution < 1.29 is 14.3 Å². The molecule has 1 N–H and O–H groups in total. The molecule has 5 nitrogen and oxygen atoms in total. The van der Waals surface area contributed by atoms with Gasteiger partial charge in [-0.1, -0.05) is 30.3 Å². The molecular weight excluding hydrogens is 392 g/mol. The first-order valence-electron chi connectivity index (χ1n) is 9.20. The maximum absolute atomic E-state index is 12.6. The molecule has 0 radical (unpaired) electrons. The van der Waals surface area contributed by atoms with Crippen LogP contribution in [0.1, 0.15) is 47.4 Å². The van der Waals surface area contributed by atoms with Gasteiger partial charge in [0.05, 0.1) is 10.9 Å². The number of amides is 1. The molecule has 144 valence electrons. The molecule has 3 aromatic rings. The lowest BCUT2D eigenvalue weighted by Gasteiger charge is -2.27. The topological polar surface area (TPSA) is 68.3 Å². The number of aromatic nitrogens is 1. The van der Waals surface area contributed by atoms with E-state index in [4.69, 9.17) is 4.74 Å².